The number of thiocarbonyl (C=S) groups is 1. The van der Waals surface area contributed by atoms with E-state index in [9.17, 15) is 4.79 Å². The average molecular weight is 396 g/mol. The normalized spacial score (nSPS) is 18.5. The van der Waals surface area contributed by atoms with Crippen LogP contribution < -0.4 is 20.3 Å². The number of ether oxygens (including phenoxy) is 1. The summed E-state index contributed by atoms with van der Waals surface area (Å²) in [6.45, 7) is 0.803. The maximum absolute atomic E-state index is 11.9. The van der Waals surface area contributed by atoms with E-state index in [1.807, 2.05) is 35.2 Å². The van der Waals surface area contributed by atoms with E-state index in [-0.39, 0.29) is 11.9 Å². The number of rotatable bonds is 4. The van der Waals surface area contributed by atoms with Crippen LogP contribution in [0.15, 0.2) is 42.5 Å². The van der Waals surface area contributed by atoms with E-state index in [0.29, 0.717) is 11.5 Å². The lowest BCUT2D eigenvalue weighted by molar-refractivity contribution is -0.117. The Morgan fingerprint density at radius 2 is 1.96 bits per heavy atom. The predicted octanol–water partition coefficient (Wildman–Crippen LogP) is 4.19. The van der Waals surface area contributed by atoms with Crippen molar-refractivity contribution in [2.45, 2.75) is 38.1 Å². The molecule has 0 saturated carbocycles. The van der Waals surface area contributed by atoms with Gasteiger partial charge in [0.15, 0.2) is 5.11 Å². The van der Waals surface area contributed by atoms with Gasteiger partial charge in [-0.05, 0) is 85.4 Å². The number of aryl methyl sites for hydroxylation is 1. The summed E-state index contributed by atoms with van der Waals surface area (Å²) in [6, 6.07) is 14.3. The minimum absolute atomic E-state index is 0.200. The van der Waals surface area contributed by atoms with E-state index in [1.54, 1.807) is 7.11 Å². The number of nitrogens with zero attached hydrogens (tertiary/aromatic N) is 1. The summed E-state index contributed by atoms with van der Waals surface area (Å²) in [5.74, 6) is 1.10. The molecule has 5 nitrogen and oxygen atoms in total. The summed E-state index contributed by atoms with van der Waals surface area (Å²) in [5.41, 5.74) is 4.48. The van der Waals surface area contributed by atoms with E-state index < -0.39 is 0 Å². The molecule has 1 aliphatic heterocycles. The lowest BCUT2D eigenvalue weighted by Gasteiger charge is -2.28. The zero-order chi connectivity index (χ0) is 19.5. The number of nitrogens with one attached hydrogen (secondary N) is 2. The van der Waals surface area contributed by atoms with Crippen LogP contribution in [0.3, 0.4) is 0 Å². The highest BCUT2D eigenvalue weighted by atomic mass is 32.1. The lowest BCUT2D eigenvalue weighted by atomic mass is 9.87. The standard InChI is InChI=1S/C22H25N3O2S/c1-27-18-11-12-19-15(14-18)4-2-5-20(19)24-22(28)23-16-7-9-17(10-8-16)25-13-3-6-21(25)26/h7-12,14,20H,2-6,13H2,1H3,(H2,23,24,28)/t20-/m0/s1. The highest BCUT2D eigenvalue weighted by Crippen LogP contribution is 2.32. The molecule has 2 N–H and O–H groups in total. The molecule has 2 aromatic rings. The van der Waals surface area contributed by atoms with Crippen molar-refractivity contribution in [2.24, 2.45) is 0 Å². The van der Waals surface area contributed by atoms with Gasteiger partial charge in [-0.1, -0.05) is 6.07 Å². The van der Waals surface area contributed by atoms with Crippen LogP contribution in [-0.2, 0) is 11.2 Å². The van der Waals surface area contributed by atoms with Crippen molar-refractivity contribution in [3.8, 4) is 5.75 Å². The number of anilines is 2. The van der Waals surface area contributed by atoms with Crippen LogP contribution in [-0.4, -0.2) is 24.7 Å². The molecule has 1 atom stereocenters. The molecule has 0 spiro atoms. The van der Waals surface area contributed by atoms with Gasteiger partial charge in [0, 0.05) is 24.3 Å². The first-order valence-corrected chi connectivity index (χ1v) is 10.2. The predicted molar refractivity (Wildman–Crippen MR) is 116 cm³/mol. The Morgan fingerprint density at radius 1 is 1.14 bits per heavy atom. The molecule has 0 radical (unpaired) electrons. The molecule has 2 aromatic carbocycles. The van der Waals surface area contributed by atoms with Crippen molar-refractivity contribution in [2.75, 3.05) is 23.9 Å². The van der Waals surface area contributed by atoms with Gasteiger partial charge in [-0.3, -0.25) is 4.79 Å². The Balaban J connectivity index is 1.39. The topological polar surface area (TPSA) is 53.6 Å². The van der Waals surface area contributed by atoms with Gasteiger partial charge < -0.3 is 20.3 Å². The van der Waals surface area contributed by atoms with Crippen molar-refractivity contribution in [3.63, 3.8) is 0 Å². The third-order valence-electron chi connectivity index (χ3n) is 5.48. The van der Waals surface area contributed by atoms with Gasteiger partial charge in [0.05, 0.1) is 13.2 Å². The van der Waals surface area contributed by atoms with Crippen molar-refractivity contribution in [3.05, 3.63) is 53.6 Å². The molecule has 1 amide bonds. The third-order valence-corrected chi connectivity index (χ3v) is 5.70. The summed E-state index contributed by atoms with van der Waals surface area (Å²) in [5, 5.41) is 7.33. The van der Waals surface area contributed by atoms with Crippen LogP contribution in [0.2, 0.25) is 0 Å². The number of methoxy groups -OCH3 is 1. The number of carbonyl (C=O) groups is 1. The lowest BCUT2D eigenvalue weighted by Crippen LogP contribution is -2.34. The fourth-order valence-corrected chi connectivity index (χ4v) is 4.30. The van der Waals surface area contributed by atoms with Gasteiger partial charge in [0.25, 0.3) is 0 Å². The molecule has 0 unspecified atom stereocenters. The Hall–Kier alpha value is -2.60. The minimum atomic E-state index is 0.200. The van der Waals surface area contributed by atoms with E-state index >= 15 is 0 Å². The molecule has 4 rings (SSSR count). The SMILES string of the molecule is COc1ccc2c(c1)CCC[C@@H]2NC(=S)Nc1ccc(N2CCCC2=O)cc1. The maximum atomic E-state index is 11.9. The summed E-state index contributed by atoms with van der Waals surface area (Å²) >= 11 is 5.54. The Kier molecular flexibility index (Phi) is 5.48. The molecular formula is C22H25N3O2S. The van der Waals surface area contributed by atoms with E-state index in [1.165, 1.54) is 11.1 Å². The molecular weight excluding hydrogens is 370 g/mol. The molecule has 0 bridgehead atoms. The second kappa shape index (κ2) is 8.19. The first-order valence-electron chi connectivity index (χ1n) is 9.79. The van der Waals surface area contributed by atoms with Crippen molar-refractivity contribution in [1.82, 2.24) is 5.32 Å². The van der Waals surface area contributed by atoms with E-state index in [4.69, 9.17) is 17.0 Å². The van der Waals surface area contributed by atoms with Gasteiger partial charge >= 0.3 is 0 Å². The molecule has 28 heavy (non-hydrogen) atoms. The minimum Gasteiger partial charge on any atom is -0.497 e. The first-order chi connectivity index (χ1) is 13.6. The van der Waals surface area contributed by atoms with Crippen LogP contribution in [0.1, 0.15) is 42.9 Å². The summed E-state index contributed by atoms with van der Waals surface area (Å²) < 4.78 is 5.35. The molecule has 1 heterocycles. The first kappa shape index (κ1) is 18.7. The molecule has 1 aliphatic carbocycles. The van der Waals surface area contributed by atoms with Gasteiger partial charge in [-0.2, -0.15) is 0 Å². The van der Waals surface area contributed by atoms with Crippen molar-refractivity contribution in [1.29, 1.82) is 0 Å². The number of amides is 1. The molecule has 6 heteroatoms. The molecule has 2 aliphatic rings. The molecule has 1 saturated heterocycles. The summed E-state index contributed by atoms with van der Waals surface area (Å²) in [7, 11) is 1.70. The van der Waals surface area contributed by atoms with Crippen LogP contribution in [0, 0.1) is 0 Å². The number of hydrogen-bond donors (Lipinski definition) is 2. The van der Waals surface area contributed by atoms with E-state index in [0.717, 1.165) is 49.4 Å². The fraction of sp³-hybridized carbons (Fsp3) is 0.364. The Morgan fingerprint density at radius 3 is 2.68 bits per heavy atom. The van der Waals surface area contributed by atoms with Crippen LogP contribution in [0.4, 0.5) is 11.4 Å². The highest BCUT2D eigenvalue weighted by Gasteiger charge is 2.22. The number of carbonyl (C=O) groups excluding carboxylic acids is 1. The Bertz CT molecular complexity index is 882. The maximum Gasteiger partial charge on any atom is 0.227 e. The smallest absolute Gasteiger partial charge is 0.227 e. The molecule has 146 valence electrons. The van der Waals surface area contributed by atoms with Crippen molar-refractivity contribution < 1.29 is 9.53 Å². The second-order valence-corrected chi connectivity index (χ2v) is 7.71. The zero-order valence-corrected chi connectivity index (χ0v) is 16.8. The number of fused-ring (bicyclic) bond motifs is 1. The molecule has 1 fully saturated rings. The number of benzene rings is 2. The van der Waals surface area contributed by atoms with Gasteiger partial charge in [-0.25, -0.2) is 0 Å². The van der Waals surface area contributed by atoms with Crippen LogP contribution in [0.25, 0.3) is 0 Å². The molecule has 0 aromatic heterocycles. The number of hydrogen-bond acceptors (Lipinski definition) is 3. The summed E-state index contributed by atoms with van der Waals surface area (Å²) in [6.07, 6.45) is 4.82. The van der Waals surface area contributed by atoms with E-state index in [2.05, 4.69) is 22.8 Å². The van der Waals surface area contributed by atoms with Gasteiger partial charge in [0.2, 0.25) is 5.91 Å². The van der Waals surface area contributed by atoms with Crippen LogP contribution in [0.5, 0.6) is 5.75 Å². The second-order valence-electron chi connectivity index (χ2n) is 7.30. The Labute approximate surface area is 171 Å². The van der Waals surface area contributed by atoms with Crippen molar-refractivity contribution >= 4 is 34.6 Å². The monoisotopic (exact) mass is 395 g/mol. The quantitative estimate of drug-likeness (QED) is 0.761. The average Bonchev–Trinajstić information content (AvgIpc) is 3.14. The third kappa shape index (κ3) is 3.97. The fourth-order valence-electron chi connectivity index (χ4n) is 4.04. The summed E-state index contributed by atoms with van der Waals surface area (Å²) in [4.78, 5) is 13.7. The largest absolute Gasteiger partial charge is 0.497 e. The van der Waals surface area contributed by atoms with Gasteiger partial charge in [0.1, 0.15) is 5.75 Å². The highest BCUT2D eigenvalue weighted by molar-refractivity contribution is 7.80. The van der Waals surface area contributed by atoms with Gasteiger partial charge in [-0.15, -0.1) is 0 Å². The van der Waals surface area contributed by atoms with Crippen LogP contribution >= 0.6 is 12.2 Å². The zero-order valence-electron chi connectivity index (χ0n) is 16.0.